The van der Waals surface area contributed by atoms with E-state index in [2.05, 4.69) is 0 Å². The third kappa shape index (κ3) is 3.91. The molecule has 0 saturated carbocycles. The van der Waals surface area contributed by atoms with Gasteiger partial charge in [0.1, 0.15) is 5.75 Å². The van der Waals surface area contributed by atoms with E-state index in [1.54, 1.807) is 0 Å². The zero-order valence-corrected chi connectivity index (χ0v) is 14.8. The summed E-state index contributed by atoms with van der Waals surface area (Å²) < 4.78 is 28.9. The van der Waals surface area contributed by atoms with Crippen LogP contribution in [0.5, 0.6) is 11.5 Å². The molecule has 0 spiro atoms. The van der Waals surface area contributed by atoms with Crippen LogP contribution in [-0.2, 0) is 9.84 Å². The minimum Gasteiger partial charge on any atom is -0.450 e. The highest BCUT2D eigenvalue weighted by Crippen LogP contribution is 2.35. The molecule has 0 amide bonds. The van der Waals surface area contributed by atoms with Crippen molar-refractivity contribution in [2.45, 2.75) is 31.6 Å². The third-order valence-corrected chi connectivity index (χ3v) is 4.76. The summed E-state index contributed by atoms with van der Waals surface area (Å²) in [6, 6.07) is 9.35. The lowest BCUT2D eigenvalue weighted by Gasteiger charge is -2.13. The maximum Gasteiger partial charge on any atom is 0.312 e. The number of nitrogens with zero attached hydrogens (tertiary/aromatic N) is 1. The molecular formula is C17H19NO5S. The first-order chi connectivity index (χ1) is 11.1. The van der Waals surface area contributed by atoms with E-state index in [4.69, 9.17) is 4.74 Å². The van der Waals surface area contributed by atoms with Crippen molar-refractivity contribution in [1.29, 1.82) is 0 Å². The first-order valence-corrected chi connectivity index (χ1v) is 9.25. The van der Waals surface area contributed by atoms with Gasteiger partial charge in [-0.15, -0.1) is 0 Å². The Labute approximate surface area is 141 Å². The highest BCUT2D eigenvalue weighted by atomic mass is 32.2. The van der Waals surface area contributed by atoms with Gasteiger partial charge in [0.2, 0.25) is 5.75 Å². The quantitative estimate of drug-likeness (QED) is 0.596. The Kier molecular flexibility index (Phi) is 4.94. The van der Waals surface area contributed by atoms with Gasteiger partial charge in [0.15, 0.2) is 9.84 Å². The fourth-order valence-corrected chi connectivity index (χ4v) is 2.80. The zero-order valence-electron chi connectivity index (χ0n) is 13.9. The molecule has 0 heterocycles. The van der Waals surface area contributed by atoms with Crippen LogP contribution in [0.15, 0.2) is 41.3 Å². The number of nitro groups is 1. The summed E-state index contributed by atoms with van der Waals surface area (Å²) in [4.78, 5) is 10.5. The second kappa shape index (κ2) is 6.60. The molecule has 6 nitrogen and oxygen atoms in total. The van der Waals surface area contributed by atoms with Gasteiger partial charge in [0, 0.05) is 12.3 Å². The van der Waals surface area contributed by atoms with Crippen LogP contribution in [0.3, 0.4) is 0 Å². The summed E-state index contributed by atoms with van der Waals surface area (Å²) in [6.45, 7) is 5.92. The van der Waals surface area contributed by atoms with Crippen molar-refractivity contribution in [2.75, 3.05) is 6.26 Å². The SMILES string of the molecule is Cc1ccc(C(C)C)cc1Oc1ccc(S(C)(=O)=O)cc1[N+](=O)[O-]. The number of sulfone groups is 1. The average Bonchev–Trinajstić information content (AvgIpc) is 2.48. The molecule has 128 valence electrons. The highest BCUT2D eigenvalue weighted by molar-refractivity contribution is 7.90. The lowest BCUT2D eigenvalue weighted by molar-refractivity contribution is -0.385. The van der Waals surface area contributed by atoms with E-state index in [1.807, 2.05) is 39.0 Å². The highest BCUT2D eigenvalue weighted by Gasteiger charge is 2.21. The first-order valence-electron chi connectivity index (χ1n) is 7.36. The lowest BCUT2D eigenvalue weighted by atomic mass is 10.0. The molecule has 0 aromatic heterocycles. The minimum atomic E-state index is -3.53. The summed E-state index contributed by atoms with van der Waals surface area (Å²) in [5.74, 6) is 0.809. The van der Waals surface area contributed by atoms with Crippen LogP contribution in [-0.4, -0.2) is 19.6 Å². The van der Waals surface area contributed by atoms with Crippen molar-refractivity contribution in [1.82, 2.24) is 0 Å². The summed E-state index contributed by atoms with van der Waals surface area (Å²) >= 11 is 0. The number of nitro benzene ring substituents is 1. The van der Waals surface area contributed by atoms with E-state index in [0.717, 1.165) is 23.4 Å². The van der Waals surface area contributed by atoms with E-state index >= 15 is 0 Å². The van der Waals surface area contributed by atoms with Crippen LogP contribution in [0.1, 0.15) is 30.9 Å². The molecule has 0 aliphatic heterocycles. The van der Waals surface area contributed by atoms with Crippen molar-refractivity contribution >= 4 is 15.5 Å². The molecule has 7 heteroatoms. The molecule has 0 saturated heterocycles. The van der Waals surface area contributed by atoms with Gasteiger partial charge < -0.3 is 4.74 Å². The maximum atomic E-state index is 11.6. The van der Waals surface area contributed by atoms with Crippen molar-refractivity contribution in [3.05, 3.63) is 57.6 Å². The molecule has 0 unspecified atom stereocenters. The third-order valence-electron chi connectivity index (χ3n) is 3.65. The largest absolute Gasteiger partial charge is 0.450 e. The van der Waals surface area contributed by atoms with Crippen LogP contribution in [0, 0.1) is 17.0 Å². The molecule has 0 radical (unpaired) electrons. The Hall–Kier alpha value is -2.41. The molecule has 2 rings (SSSR count). The fourth-order valence-electron chi connectivity index (χ4n) is 2.16. The van der Waals surface area contributed by atoms with E-state index < -0.39 is 14.8 Å². The zero-order chi connectivity index (χ0) is 18.1. The smallest absolute Gasteiger partial charge is 0.312 e. The number of hydrogen-bond donors (Lipinski definition) is 0. The molecule has 0 N–H and O–H groups in total. The Balaban J connectivity index is 2.50. The van der Waals surface area contributed by atoms with E-state index in [9.17, 15) is 18.5 Å². The standard InChI is InChI=1S/C17H19NO5S/c1-11(2)13-6-5-12(3)17(9-13)23-16-8-7-14(24(4,21)22)10-15(16)18(19)20/h5-11H,1-4H3. The molecule has 0 atom stereocenters. The summed E-state index contributed by atoms with van der Waals surface area (Å²) in [7, 11) is -3.53. The molecule has 0 bridgehead atoms. The average molecular weight is 349 g/mol. The monoisotopic (exact) mass is 349 g/mol. The number of ether oxygens (including phenoxy) is 1. The van der Waals surface area contributed by atoms with Crippen molar-refractivity contribution in [3.8, 4) is 11.5 Å². The van der Waals surface area contributed by atoms with Gasteiger partial charge in [-0.2, -0.15) is 0 Å². The van der Waals surface area contributed by atoms with Crippen molar-refractivity contribution in [2.24, 2.45) is 0 Å². The Bertz CT molecular complexity index is 888. The van der Waals surface area contributed by atoms with E-state index in [-0.39, 0.29) is 22.3 Å². The normalized spacial score (nSPS) is 11.5. The molecule has 0 aliphatic carbocycles. The van der Waals surface area contributed by atoms with Gasteiger partial charge >= 0.3 is 5.69 Å². The predicted octanol–water partition coefficient (Wildman–Crippen LogP) is 4.22. The maximum absolute atomic E-state index is 11.6. The van der Waals surface area contributed by atoms with E-state index in [1.165, 1.54) is 12.1 Å². The van der Waals surface area contributed by atoms with Crippen LogP contribution >= 0.6 is 0 Å². The molecule has 24 heavy (non-hydrogen) atoms. The minimum absolute atomic E-state index is 0.0106. The first kappa shape index (κ1) is 17.9. The lowest BCUT2D eigenvalue weighted by Crippen LogP contribution is -2.01. The Morgan fingerprint density at radius 1 is 1.08 bits per heavy atom. The molecule has 2 aromatic carbocycles. The van der Waals surface area contributed by atoms with Gasteiger partial charge in [-0.05, 0) is 42.2 Å². The molecule has 0 aliphatic rings. The number of hydrogen-bond acceptors (Lipinski definition) is 5. The Morgan fingerprint density at radius 3 is 2.29 bits per heavy atom. The summed E-state index contributed by atoms with van der Waals surface area (Å²) in [6.07, 6.45) is 1.00. The van der Waals surface area contributed by atoms with E-state index in [0.29, 0.717) is 5.75 Å². The molecular weight excluding hydrogens is 330 g/mol. The van der Waals surface area contributed by atoms with Gasteiger partial charge in [-0.25, -0.2) is 8.42 Å². The van der Waals surface area contributed by atoms with Gasteiger partial charge in [0.25, 0.3) is 0 Å². The van der Waals surface area contributed by atoms with Gasteiger partial charge in [-0.1, -0.05) is 26.0 Å². The van der Waals surface area contributed by atoms with Crippen LogP contribution in [0.2, 0.25) is 0 Å². The predicted molar refractivity (Wildman–Crippen MR) is 91.5 cm³/mol. The topological polar surface area (TPSA) is 86.5 Å². The number of aryl methyl sites for hydroxylation is 1. The van der Waals surface area contributed by atoms with Crippen molar-refractivity contribution in [3.63, 3.8) is 0 Å². The number of rotatable bonds is 5. The summed E-state index contributed by atoms with van der Waals surface area (Å²) in [5, 5.41) is 11.3. The molecule has 0 fully saturated rings. The second-order valence-electron chi connectivity index (χ2n) is 5.94. The van der Waals surface area contributed by atoms with Gasteiger partial charge in [-0.3, -0.25) is 10.1 Å². The van der Waals surface area contributed by atoms with Crippen LogP contribution < -0.4 is 4.74 Å². The van der Waals surface area contributed by atoms with Crippen LogP contribution in [0.4, 0.5) is 5.69 Å². The number of benzene rings is 2. The molecule has 2 aromatic rings. The van der Waals surface area contributed by atoms with Crippen molar-refractivity contribution < 1.29 is 18.1 Å². The fraction of sp³-hybridized carbons (Fsp3) is 0.294. The Morgan fingerprint density at radius 2 is 1.75 bits per heavy atom. The second-order valence-corrected chi connectivity index (χ2v) is 7.96. The van der Waals surface area contributed by atoms with Crippen LogP contribution in [0.25, 0.3) is 0 Å². The summed E-state index contributed by atoms with van der Waals surface area (Å²) in [5.41, 5.74) is 1.50. The van der Waals surface area contributed by atoms with Gasteiger partial charge in [0.05, 0.1) is 9.82 Å².